The molecule has 5 nitrogen and oxygen atoms in total. The fourth-order valence-electron chi connectivity index (χ4n) is 3.73. The Morgan fingerprint density at radius 1 is 1.24 bits per heavy atom. The van der Waals surface area contributed by atoms with Crippen molar-refractivity contribution in [2.24, 2.45) is 0 Å². The van der Waals surface area contributed by atoms with Crippen LogP contribution >= 0.6 is 0 Å². The van der Waals surface area contributed by atoms with E-state index in [4.69, 9.17) is 9.72 Å². The fourth-order valence-corrected chi connectivity index (χ4v) is 3.73. The average molecular weight is 337 g/mol. The summed E-state index contributed by atoms with van der Waals surface area (Å²) in [6.45, 7) is 3.46. The third-order valence-electron chi connectivity index (χ3n) is 4.97. The summed E-state index contributed by atoms with van der Waals surface area (Å²) in [7, 11) is 1.68. The molecule has 5 heteroatoms. The predicted molar refractivity (Wildman–Crippen MR) is 96.7 cm³/mol. The highest BCUT2D eigenvalue weighted by molar-refractivity contribution is 5.41. The van der Waals surface area contributed by atoms with Crippen molar-refractivity contribution in [3.8, 4) is 5.75 Å². The van der Waals surface area contributed by atoms with Gasteiger partial charge >= 0.3 is 0 Å². The topological polar surface area (TPSA) is 50.0 Å². The highest BCUT2D eigenvalue weighted by atomic mass is 16.5. The summed E-state index contributed by atoms with van der Waals surface area (Å²) >= 11 is 0. The Kier molecular flexibility index (Phi) is 4.19. The zero-order valence-corrected chi connectivity index (χ0v) is 14.6. The van der Waals surface area contributed by atoms with Gasteiger partial charge < -0.3 is 14.2 Å². The monoisotopic (exact) mass is 337 g/mol. The number of likely N-dealkylation sites (tertiary alicyclic amines) is 1. The summed E-state index contributed by atoms with van der Waals surface area (Å²) < 4.78 is 7.46. The number of nitrogens with zero attached hydrogens (tertiary/aromatic N) is 3. The first kappa shape index (κ1) is 16.1. The highest BCUT2D eigenvalue weighted by Gasteiger charge is 2.32. The minimum Gasteiger partial charge on any atom is -0.497 e. The quantitative estimate of drug-likeness (QED) is 0.795. The van der Waals surface area contributed by atoms with Gasteiger partial charge in [-0.2, -0.15) is 0 Å². The molecule has 0 unspecified atom stereocenters. The van der Waals surface area contributed by atoms with E-state index < -0.39 is 0 Å². The molecule has 0 radical (unpaired) electrons. The van der Waals surface area contributed by atoms with Gasteiger partial charge in [0, 0.05) is 31.0 Å². The Morgan fingerprint density at radius 3 is 2.88 bits per heavy atom. The van der Waals surface area contributed by atoms with Gasteiger partial charge in [0.25, 0.3) is 0 Å². The number of hydrogen-bond acceptors (Lipinski definition) is 4. The van der Waals surface area contributed by atoms with Crippen LogP contribution in [0.4, 0.5) is 0 Å². The number of β-amino-alcohol motifs (C(OH)–C–C–N with tert-alkyl or cyclic N) is 1. The first-order chi connectivity index (χ1) is 12.1. The second-order valence-electron chi connectivity index (χ2n) is 6.74. The van der Waals surface area contributed by atoms with Crippen molar-refractivity contribution in [1.29, 1.82) is 0 Å². The third-order valence-corrected chi connectivity index (χ3v) is 4.97. The Balaban J connectivity index is 1.61. The molecule has 3 aromatic rings. The number of aromatic nitrogens is 2. The van der Waals surface area contributed by atoms with E-state index in [1.54, 1.807) is 7.11 Å². The lowest BCUT2D eigenvalue weighted by Gasteiger charge is -2.23. The van der Waals surface area contributed by atoms with E-state index in [0.717, 1.165) is 30.1 Å². The molecule has 1 saturated heterocycles. The third kappa shape index (κ3) is 3.13. The average Bonchev–Trinajstić information content (AvgIpc) is 3.19. The zero-order valence-electron chi connectivity index (χ0n) is 14.6. The number of rotatable bonds is 4. The van der Waals surface area contributed by atoms with Crippen LogP contribution in [0.2, 0.25) is 0 Å². The molecule has 1 aliphatic heterocycles. The summed E-state index contributed by atoms with van der Waals surface area (Å²) in [4.78, 5) is 7.04. The van der Waals surface area contributed by atoms with Crippen LogP contribution in [-0.2, 0) is 6.54 Å². The number of benzene rings is 1. The van der Waals surface area contributed by atoms with Crippen molar-refractivity contribution < 1.29 is 9.84 Å². The summed E-state index contributed by atoms with van der Waals surface area (Å²) in [5.41, 5.74) is 4.34. The molecular weight excluding hydrogens is 314 g/mol. The summed E-state index contributed by atoms with van der Waals surface area (Å²) in [5, 5.41) is 10.2. The van der Waals surface area contributed by atoms with Gasteiger partial charge in [0.1, 0.15) is 11.4 Å². The summed E-state index contributed by atoms with van der Waals surface area (Å²) in [6.07, 6.45) is 2.52. The number of hydrogen-bond donors (Lipinski definition) is 1. The molecule has 1 fully saturated rings. The largest absolute Gasteiger partial charge is 0.497 e. The first-order valence-corrected chi connectivity index (χ1v) is 8.63. The molecule has 1 aliphatic rings. The van der Waals surface area contributed by atoms with Crippen molar-refractivity contribution in [2.45, 2.75) is 32.0 Å². The van der Waals surface area contributed by atoms with Crippen molar-refractivity contribution in [3.05, 3.63) is 65.6 Å². The van der Waals surface area contributed by atoms with E-state index in [9.17, 15) is 5.11 Å². The van der Waals surface area contributed by atoms with Gasteiger partial charge in [0.05, 0.1) is 18.9 Å². The minimum absolute atomic E-state index is 0.177. The summed E-state index contributed by atoms with van der Waals surface area (Å²) in [6, 6.07) is 14.4. The number of fused-ring (bicyclic) bond motifs is 1. The second-order valence-corrected chi connectivity index (χ2v) is 6.74. The molecule has 0 saturated carbocycles. The number of aliphatic hydroxyl groups is 1. The smallest absolute Gasteiger partial charge is 0.137 e. The standard InChI is InChI=1S/C20H23N3O2/c1-14-5-3-8-20-21-16(12-23(14)20)11-22-13-17(24)10-19(22)15-6-4-7-18(9-15)25-2/h3-9,12,17,19,24H,10-11,13H2,1-2H3/t17-,19+/m0/s1. The first-order valence-electron chi connectivity index (χ1n) is 8.63. The Hall–Kier alpha value is -2.37. The molecule has 0 aliphatic carbocycles. The zero-order chi connectivity index (χ0) is 17.4. The Bertz CT molecular complexity index is 890. The Morgan fingerprint density at radius 2 is 2.08 bits per heavy atom. The van der Waals surface area contributed by atoms with E-state index >= 15 is 0 Å². The van der Waals surface area contributed by atoms with E-state index in [0.29, 0.717) is 6.54 Å². The number of pyridine rings is 1. The second kappa shape index (κ2) is 6.50. The lowest BCUT2D eigenvalue weighted by molar-refractivity contribution is 0.172. The van der Waals surface area contributed by atoms with Crippen LogP contribution in [0.15, 0.2) is 48.7 Å². The number of imidazole rings is 1. The van der Waals surface area contributed by atoms with Crippen LogP contribution in [0.5, 0.6) is 5.75 Å². The minimum atomic E-state index is -0.310. The summed E-state index contributed by atoms with van der Waals surface area (Å²) in [5.74, 6) is 0.849. The van der Waals surface area contributed by atoms with Crippen LogP contribution in [0.1, 0.15) is 29.4 Å². The van der Waals surface area contributed by atoms with Crippen molar-refractivity contribution in [2.75, 3.05) is 13.7 Å². The number of aliphatic hydroxyl groups excluding tert-OH is 1. The molecule has 4 rings (SSSR count). The van der Waals surface area contributed by atoms with Crippen LogP contribution in [0, 0.1) is 6.92 Å². The maximum absolute atomic E-state index is 10.2. The van der Waals surface area contributed by atoms with Crippen LogP contribution in [0.3, 0.4) is 0 Å². The van der Waals surface area contributed by atoms with Crippen LogP contribution in [0.25, 0.3) is 5.65 Å². The lowest BCUT2D eigenvalue weighted by atomic mass is 10.0. The molecular formula is C20H23N3O2. The van der Waals surface area contributed by atoms with Crippen molar-refractivity contribution >= 4 is 5.65 Å². The molecule has 0 bridgehead atoms. The number of ether oxygens (including phenoxy) is 1. The molecule has 130 valence electrons. The molecule has 1 aromatic carbocycles. The van der Waals surface area contributed by atoms with Crippen molar-refractivity contribution in [1.82, 2.24) is 14.3 Å². The van der Waals surface area contributed by atoms with Gasteiger partial charge in [-0.25, -0.2) is 4.98 Å². The molecule has 25 heavy (non-hydrogen) atoms. The molecule has 0 amide bonds. The molecule has 3 heterocycles. The maximum atomic E-state index is 10.2. The van der Waals surface area contributed by atoms with E-state index in [1.807, 2.05) is 24.3 Å². The molecule has 2 aromatic heterocycles. The Labute approximate surface area is 147 Å². The highest BCUT2D eigenvalue weighted by Crippen LogP contribution is 2.34. The normalized spacial score (nSPS) is 21.1. The molecule has 2 atom stereocenters. The SMILES string of the molecule is COc1cccc([C@H]2C[C@H](O)CN2Cc2cn3c(C)cccc3n2)c1. The lowest BCUT2D eigenvalue weighted by Crippen LogP contribution is -2.24. The van der Waals surface area contributed by atoms with Gasteiger partial charge in [0.15, 0.2) is 0 Å². The van der Waals surface area contributed by atoms with Gasteiger partial charge in [-0.15, -0.1) is 0 Å². The van der Waals surface area contributed by atoms with E-state index in [1.165, 1.54) is 11.3 Å². The van der Waals surface area contributed by atoms with Gasteiger partial charge in [0.2, 0.25) is 0 Å². The number of methoxy groups -OCH3 is 1. The number of aryl methyl sites for hydroxylation is 1. The van der Waals surface area contributed by atoms with Gasteiger partial charge in [-0.1, -0.05) is 18.2 Å². The van der Waals surface area contributed by atoms with Crippen molar-refractivity contribution in [3.63, 3.8) is 0 Å². The maximum Gasteiger partial charge on any atom is 0.137 e. The van der Waals surface area contributed by atoms with E-state index in [2.05, 4.69) is 40.6 Å². The predicted octanol–water partition coefficient (Wildman–Crippen LogP) is 2.96. The fraction of sp³-hybridized carbons (Fsp3) is 0.350. The van der Waals surface area contributed by atoms with Gasteiger partial charge in [-0.3, -0.25) is 4.90 Å². The van der Waals surface area contributed by atoms with Crippen LogP contribution in [-0.4, -0.2) is 39.1 Å². The molecule has 1 N–H and O–H groups in total. The molecule has 0 spiro atoms. The van der Waals surface area contributed by atoms with E-state index in [-0.39, 0.29) is 12.1 Å². The van der Waals surface area contributed by atoms with Crippen LogP contribution < -0.4 is 4.74 Å². The van der Waals surface area contributed by atoms with Gasteiger partial charge in [-0.05, 0) is 43.2 Å².